The minimum Gasteiger partial charge on any atom is -0.505 e. The van der Waals surface area contributed by atoms with Crippen LogP contribution in [0.2, 0.25) is 5.02 Å². The van der Waals surface area contributed by atoms with Gasteiger partial charge in [0.25, 0.3) is 0 Å². The van der Waals surface area contributed by atoms with E-state index < -0.39 is 5.97 Å². The van der Waals surface area contributed by atoms with E-state index in [1.54, 1.807) is 13.1 Å². The van der Waals surface area contributed by atoms with E-state index in [4.69, 9.17) is 16.3 Å². The highest BCUT2D eigenvalue weighted by molar-refractivity contribution is 6.37. The maximum atomic E-state index is 12.4. The summed E-state index contributed by atoms with van der Waals surface area (Å²) >= 11 is 6.50. The van der Waals surface area contributed by atoms with Gasteiger partial charge in [-0.2, -0.15) is 0 Å². The van der Waals surface area contributed by atoms with Crippen LogP contribution in [0.15, 0.2) is 66.9 Å². The van der Waals surface area contributed by atoms with Crippen LogP contribution in [-0.2, 0) is 11.3 Å². The summed E-state index contributed by atoms with van der Waals surface area (Å²) in [6, 6.07) is 19.4. The summed E-state index contributed by atoms with van der Waals surface area (Å²) in [5, 5.41) is 11.6. The average molecular weight is 407 g/mol. The molecule has 0 unspecified atom stereocenters. The molecule has 0 aliphatic heterocycles. The Morgan fingerprint density at radius 1 is 1.10 bits per heavy atom. The Morgan fingerprint density at radius 3 is 2.41 bits per heavy atom. The number of benzene rings is 2. The van der Waals surface area contributed by atoms with E-state index in [0.29, 0.717) is 28.2 Å². The second-order valence-electron chi connectivity index (χ2n) is 6.56. The lowest BCUT2D eigenvalue weighted by molar-refractivity contribution is 0.0516. The molecular formula is C23H19ClN2O3. The molecule has 0 saturated heterocycles. The van der Waals surface area contributed by atoms with Crippen LogP contribution in [0.5, 0.6) is 5.75 Å². The van der Waals surface area contributed by atoms with Gasteiger partial charge in [-0.3, -0.25) is 0 Å². The number of ether oxygens (including phenoxy) is 1. The van der Waals surface area contributed by atoms with Gasteiger partial charge in [0.15, 0.2) is 11.4 Å². The van der Waals surface area contributed by atoms with Crippen molar-refractivity contribution in [3.05, 3.63) is 83.1 Å². The van der Waals surface area contributed by atoms with E-state index in [0.717, 1.165) is 11.1 Å². The number of carbonyl (C=O) groups excluding carboxylic acids is 1. The van der Waals surface area contributed by atoms with Crippen molar-refractivity contribution >= 4 is 28.5 Å². The zero-order chi connectivity index (χ0) is 20.4. The maximum absolute atomic E-state index is 12.4. The van der Waals surface area contributed by atoms with Crippen molar-refractivity contribution in [2.45, 2.75) is 13.5 Å². The van der Waals surface area contributed by atoms with Gasteiger partial charge in [-0.05, 0) is 12.5 Å². The van der Waals surface area contributed by atoms with Crippen molar-refractivity contribution in [2.24, 2.45) is 0 Å². The molecule has 0 fully saturated rings. The summed E-state index contributed by atoms with van der Waals surface area (Å²) in [6.07, 6.45) is 1.75. The lowest BCUT2D eigenvalue weighted by Gasteiger charge is -2.13. The summed E-state index contributed by atoms with van der Waals surface area (Å²) in [6.45, 7) is 2.43. The first-order valence-electron chi connectivity index (χ1n) is 9.28. The first-order chi connectivity index (χ1) is 14.1. The Labute approximate surface area is 173 Å². The monoisotopic (exact) mass is 406 g/mol. The summed E-state index contributed by atoms with van der Waals surface area (Å²) in [4.78, 5) is 16.9. The minimum absolute atomic E-state index is 0.141. The number of halogens is 1. The van der Waals surface area contributed by atoms with Crippen molar-refractivity contribution in [3.63, 3.8) is 0 Å². The van der Waals surface area contributed by atoms with E-state index in [-0.39, 0.29) is 18.1 Å². The third-order valence-electron chi connectivity index (χ3n) is 4.65. The van der Waals surface area contributed by atoms with Crippen LogP contribution in [0.4, 0.5) is 0 Å². The molecule has 4 rings (SSSR count). The van der Waals surface area contributed by atoms with Gasteiger partial charge in [0.1, 0.15) is 0 Å². The molecule has 29 heavy (non-hydrogen) atoms. The van der Waals surface area contributed by atoms with Gasteiger partial charge >= 0.3 is 5.97 Å². The smallest absolute Gasteiger partial charge is 0.360 e. The Hall–Kier alpha value is -3.31. The summed E-state index contributed by atoms with van der Waals surface area (Å²) < 4.78 is 7.02. The van der Waals surface area contributed by atoms with Crippen LogP contribution in [-0.4, -0.2) is 27.2 Å². The second kappa shape index (κ2) is 7.97. The van der Waals surface area contributed by atoms with Crippen LogP contribution >= 0.6 is 11.6 Å². The van der Waals surface area contributed by atoms with Gasteiger partial charge in [0.05, 0.1) is 28.2 Å². The average Bonchev–Trinajstić information content (AvgIpc) is 3.06. The quantitative estimate of drug-likeness (QED) is 0.457. The third-order valence-corrected chi connectivity index (χ3v) is 4.94. The highest BCUT2D eigenvalue weighted by Crippen LogP contribution is 2.40. The highest BCUT2D eigenvalue weighted by Gasteiger charge is 2.25. The molecule has 0 atom stereocenters. The van der Waals surface area contributed by atoms with E-state index in [2.05, 4.69) is 4.98 Å². The molecule has 0 amide bonds. The largest absolute Gasteiger partial charge is 0.505 e. The zero-order valence-electron chi connectivity index (χ0n) is 15.8. The van der Waals surface area contributed by atoms with Gasteiger partial charge in [0, 0.05) is 18.3 Å². The fourth-order valence-electron chi connectivity index (χ4n) is 3.38. The van der Waals surface area contributed by atoms with E-state index in [1.165, 1.54) is 0 Å². The molecule has 0 saturated carbocycles. The number of aromatic hydroxyl groups is 1. The van der Waals surface area contributed by atoms with Gasteiger partial charge < -0.3 is 14.4 Å². The van der Waals surface area contributed by atoms with Crippen LogP contribution in [0.25, 0.3) is 22.2 Å². The molecule has 0 bridgehead atoms. The molecule has 4 aromatic rings. The SMILES string of the molecule is CCOC(=O)c1nc(-c2ccccc2)c2c(c(Cl)cn2Cc2ccccc2)c1O. The van der Waals surface area contributed by atoms with Crippen LogP contribution in [0.1, 0.15) is 23.0 Å². The second-order valence-corrected chi connectivity index (χ2v) is 6.97. The lowest BCUT2D eigenvalue weighted by Crippen LogP contribution is -2.09. The molecule has 146 valence electrons. The van der Waals surface area contributed by atoms with Crippen LogP contribution in [0, 0.1) is 0 Å². The number of hydrogen-bond acceptors (Lipinski definition) is 4. The van der Waals surface area contributed by atoms with Gasteiger partial charge in [-0.25, -0.2) is 9.78 Å². The fraction of sp³-hybridized carbons (Fsp3) is 0.130. The topological polar surface area (TPSA) is 64.3 Å². The van der Waals surface area contributed by atoms with Crippen molar-refractivity contribution < 1.29 is 14.6 Å². The molecule has 0 radical (unpaired) electrons. The Kier molecular flexibility index (Phi) is 5.23. The number of fused-ring (bicyclic) bond motifs is 1. The maximum Gasteiger partial charge on any atom is 0.360 e. The highest BCUT2D eigenvalue weighted by atomic mass is 35.5. The first kappa shape index (κ1) is 19.0. The third kappa shape index (κ3) is 3.57. The summed E-state index contributed by atoms with van der Waals surface area (Å²) in [5.41, 5.74) is 2.97. The van der Waals surface area contributed by atoms with Crippen molar-refractivity contribution in [3.8, 4) is 17.0 Å². The Morgan fingerprint density at radius 2 is 1.76 bits per heavy atom. The first-order valence-corrected chi connectivity index (χ1v) is 9.65. The molecule has 2 aromatic carbocycles. The number of esters is 1. The van der Waals surface area contributed by atoms with Gasteiger partial charge in [-0.15, -0.1) is 0 Å². The normalized spacial score (nSPS) is 11.0. The van der Waals surface area contributed by atoms with Crippen LogP contribution < -0.4 is 0 Å². The van der Waals surface area contributed by atoms with Gasteiger partial charge in [0.2, 0.25) is 0 Å². The number of carbonyl (C=O) groups is 1. The van der Waals surface area contributed by atoms with Crippen LogP contribution in [0.3, 0.4) is 0 Å². The number of pyridine rings is 1. The number of nitrogens with zero attached hydrogens (tertiary/aromatic N) is 2. The van der Waals surface area contributed by atoms with Crippen molar-refractivity contribution in [2.75, 3.05) is 6.61 Å². The van der Waals surface area contributed by atoms with E-state index in [1.807, 2.05) is 65.2 Å². The molecule has 0 spiro atoms. The molecule has 0 aliphatic rings. The molecule has 2 aromatic heterocycles. The molecule has 2 heterocycles. The summed E-state index contributed by atoms with van der Waals surface area (Å²) in [7, 11) is 0. The number of aromatic nitrogens is 2. The minimum atomic E-state index is -0.684. The molecule has 0 aliphatic carbocycles. The molecule has 1 N–H and O–H groups in total. The number of rotatable bonds is 5. The number of hydrogen-bond donors (Lipinski definition) is 1. The zero-order valence-corrected chi connectivity index (χ0v) is 16.6. The van der Waals surface area contributed by atoms with E-state index >= 15 is 0 Å². The molecular weight excluding hydrogens is 388 g/mol. The van der Waals surface area contributed by atoms with E-state index in [9.17, 15) is 9.90 Å². The molecule has 6 heteroatoms. The van der Waals surface area contributed by atoms with Gasteiger partial charge in [-0.1, -0.05) is 72.3 Å². The standard InChI is InChI=1S/C23H19ClN2O3/c1-2-29-23(28)20-22(27)18-17(24)14-26(13-15-9-5-3-6-10-15)21(18)19(25-20)16-11-7-4-8-12-16/h3-12,14,27H,2,13H2,1H3. The summed E-state index contributed by atoms with van der Waals surface area (Å²) in [5.74, 6) is -0.953. The van der Waals surface area contributed by atoms with Crippen molar-refractivity contribution in [1.82, 2.24) is 9.55 Å². The lowest BCUT2D eigenvalue weighted by atomic mass is 10.1. The fourth-order valence-corrected chi connectivity index (χ4v) is 3.68. The Bertz CT molecular complexity index is 1170. The van der Waals surface area contributed by atoms with Crippen molar-refractivity contribution in [1.29, 1.82) is 0 Å². The Balaban J connectivity index is 2.00. The predicted molar refractivity (Wildman–Crippen MR) is 113 cm³/mol. The predicted octanol–water partition coefficient (Wildman–Crippen LogP) is 5.29. The molecule has 5 nitrogen and oxygen atoms in total.